The number of benzene rings is 1. The molecule has 0 unspecified atom stereocenters. The molecule has 0 fully saturated rings. The number of halogens is 1. The Morgan fingerprint density at radius 2 is 1.82 bits per heavy atom. The first-order valence-corrected chi connectivity index (χ1v) is 8.52. The second-order valence-electron chi connectivity index (χ2n) is 4.44. The fraction of sp³-hybridized carbons (Fsp3) is 0.214. The first-order valence-electron chi connectivity index (χ1n) is 6.24. The van der Waals surface area contributed by atoms with Crippen LogP contribution in [0.2, 0.25) is 0 Å². The largest absolute Gasteiger partial charge is 0.493 e. The van der Waals surface area contributed by atoms with Crippen LogP contribution in [0.4, 0.5) is 5.82 Å². The van der Waals surface area contributed by atoms with Crippen molar-refractivity contribution in [3.63, 3.8) is 0 Å². The number of ether oxygens (including phenoxy) is 2. The summed E-state index contributed by atoms with van der Waals surface area (Å²) in [6.45, 7) is 1.77. The molecule has 0 aliphatic heterocycles. The highest BCUT2D eigenvalue weighted by Gasteiger charge is 2.18. The molecule has 0 aliphatic rings. The minimum atomic E-state index is -3.77. The van der Waals surface area contributed by atoms with Crippen molar-refractivity contribution in [3.05, 3.63) is 40.5 Å². The molecule has 1 heterocycles. The van der Waals surface area contributed by atoms with E-state index in [0.717, 1.165) is 4.47 Å². The Balaban J connectivity index is 2.38. The summed E-state index contributed by atoms with van der Waals surface area (Å²) in [5.74, 6) is 1.07. The number of hydrogen-bond acceptors (Lipinski definition) is 5. The standard InChI is InChI=1S/C14H15BrN2O4S/c1-9-6-10(15)8-16-14(9)17-22(18,19)11-4-5-12(20-2)13(7-11)21-3/h4-8H,1-3H3,(H,16,17). The first kappa shape index (κ1) is 16.6. The Bertz CT molecular complexity index is 793. The van der Waals surface area contributed by atoms with Crippen LogP contribution in [-0.2, 0) is 10.0 Å². The monoisotopic (exact) mass is 386 g/mol. The van der Waals surface area contributed by atoms with Gasteiger partial charge in [-0.05, 0) is 46.6 Å². The minimum Gasteiger partial charge on any atom is -0.493 e. The summed E-state index contributed by atoms with van der Waals surface area (Å²) in [7, 11) is -0.838. The molecule has 0 saturated heterocycles. The van der Waals surface area contributed by atoms with Crippen molar-refractivity contribution in [2.75, 3.05) is 18.9 Å². The molecule has 118 valence electrons. The number of pyridine rings is 1. The molecular weight excluding hydrogens is 372 g/mol. The molecular formula is C14H15BrN2O4S. The molecule has 0 aliphatic carbocycles. The van der Waals surface area contributed by atoms with Gasteiger partial charge in [0, 0.05) is 16.7 Å². The lowest BCUT2D eigenvalue weighted by molar-refractivity contribution is 0.354. The number of rotatable bonds is 5. The molecule has 0 spiro atoms. The normalized spacial score (nSPS) is 11.1. The molecule has 0 atom stereocenters. The van der Waals surface area contributed by atoms with Crippen molar-refractivity contribution < 1.29 is 17.9 Å². The van der Waals surface area contributed by atoms with Gasteiger partial charge in [-0.1, -0.05) is 0 Å². The molecule has 2 rings (SSSR count). The van der Waals surface area contributed by atoms with Crippen LogP contribution in [0, 0.1) is 6.92 Å². The van der Waals surface area contributed by atoms with Crippen molar-refractivity contribution in [2.45, 2.75) is 11.8 Å². The van der Waals surface area contributed by atoms with Crippen molar-refractivity contribution in [1.82, 2.24) is 4.98 Å². The number of sulfonamides is 1. The molecule has 0 radical (unpaired) electrons. The van der Waals surface area contributed by atoms with Crippen LogP contribution in [0.1, 0.15) is 5.56 Å². The summed E-state index contributed by atoms with van der Waals surface area (Å²) >= 11 is 3.29. The molecule has 0 amide bonds. The van der Waals surface area contributed by atoms with Gasteiger partial charge in [-0.25, -0.2) is 13.4 Å². The third-order valence-electron chi connectivity index (χ3n) is 2.94. The molecule has 0 bridgehead atoms. The average molecular weight is 387 g/mol. The van der Waals surface area contributed by atoms with Crippen LogP contribution >= 0.6 is 15.9 Å². The fourth-order valence-electron chi connectivity index (χ4n) is 1.82. The molecule has 0 saturated carbocycles. The first-order chi connectivity index (χ1) is 10.4. The van der Waals surface area contributed by atoms with Crippen LogP contribution in [-0.4, -0.2) is 27.6 Å². The molecule has 8 heteroatoms. The lowest BCUT2D eigenvalue weighted by atomic mass is 10.3. The van der Waals surface area contributed by atoms with Gasteiger partial charge in [-0.3, -0.25) is 4.72 Å². The number of nitrogens with zero attached hydrogens (tertiary/aromatic N) is 1. The van der Waals surface area contributed by atoms with E-state index < -0.39 is 10.0 Å². The highest BCUT2D eigenvalue weighted by molar-refractivity contribution is 9.10. The molecule has 22 heavy (non-hydrogen) atoms. The lowest BCUT2D eigenvalue weighted by Gasteiger charge is -2.12. The second-order valence-corrected chi connectivity index (χ2v) is 7.04. The van der Waals surface area contributed by atoms with Crippen molar-refractivity contribution >= 4 is 31.8 Å². The number of hydrogen-bond donors (Lipinski definition) is 1. The van der Waals surface area contributed by atoms with E-state index in [1.54, 1.807) is 13.0 Å². The third kappa shape index (κ3) is 3.50. The summed E-state index contributed by atoms with van der Waals surface area (Å²) < 4.78 is 38.4. The number of anilines is 1. The van der Waals surface area contributed by atoms with Gasteiger partial charge in [0.15, 0.2) is 11.5 Å². The predicted octanol–water partition coefficient (Wildman–Crippen LogP) is 2.97. The second kappa shape index (κ2) is 6.53. The number of aryl methyl sites for hydroxylation is 1. The predicted molar refractivity (Wildman–Crippen MR) is 87.0 cm³/mol. The van der Waals surface area contributed by atoms with E-state index in [9.17, 15) is 8.42 Å². The van der Waals surface area contributed by atoms with E-state index in [2.05, 4.69) is 25.6 Å². The summed E-state index contributed by atoms with van der Waals surface area (Å²) in [5.41, 5.74) is 0.707. The maximum absolute atomic E-state index is 12.4. The van der Waals surface area contributed by atoms with E-state index >= 15 is 0 Å². The molecule has 1 aromatic heterocycles. The minimum absolute atomic E-state index is 0.0641. The fourth-order valence-corrected chi connectivity index (χ4v) is 3.36. The Kier molecular flexibility index (Phi) is 4.92. The van der Waals surface area contributed by atoms with E-state index in [1.165, 1.54) is 38.6 Å². The van der Waals surface area contributed by atoms with Crippen LogP contribution in [0.3, 0.4) is 0 Å². The Hall–Kier alpha value is -1.80. The maximum Gasteiger partial charge on any atom is 0.263 e. The van der Waals surface area contributed by atoms with Gasteiger partial charge in [0.2, 0.25) is 0 Å². The number of nitrogens with one attached hydrogen (secondary N) is 1. The van der Waals surface area contributed by atoms with Crippen LogP contribution < -0.4 is 14.2 Å². The summed E-state index contributed by atoms with van der Waals surface area (Å²) in [4.78, 5) is 4.14. The zero-order chi connectivity index (χ0) is 16.3. The highest BCUT2D eigenvalue weighted by Crippen LogP contribution is 2.30. The lowest BCUT2D eigenvalue weighted by Crippen LogP contribution is -2.15. The van der Waals surface area contributed by atoms with Gasteiger partial charge in [0.1, 0.15) is 5.82 Å². The van der Waals surface area contributed by atoms with Crippen LogP contribution in [0.5, 0.6) is 11.5 Å². The van der Waals surface area contributed by atoms with Gasteiger partial charge in [0.05, 0.1) is 19.1 Å². The Labute approximate surface area is 137 Å². The Morgan fingerprint density at radius 3 is 2.41 bits per heavy atom. The number of methoxy groups -OCH3 is 2. The molecule has 1 aromatic carbocycles. The number of aromatic nitrogens is 1. The third-order valence-corrected chi connectivity index (χ3v) is 4.71. The Morgan fingerprint density at radius 1 is 1.14 bits per heavy atom. The van der Waals surface area contributed by atoms with Crippen molar-refractivity contribution in [3.8, 4) is 11.5 Å². The van der Waals surface area contributed by atoms with Gasteiger partial charge in [-0.15, -0.1) is 0 Å². The molecule has 1 N–H and O–H groups in total. The smallest absolute Gasteiger partial charge is 0.263 e. The average Bonchev–Trinajstić information content (AvgIpc) is 2.49. The molecule has 2 aromatic rings. The zero-order valence-electron chi connectivity index (χ0n) is 12.3. The SMILES string of the molecule is COc1ccc(S(=O)(=O)Nc2ncc(Br)cc2C)cc1OC. The van der Waals surface area contributed by atoms with Crippen LogP contribution in [0.25, 0.3) is 0 Å². The van der Waals surface area contributed by atoms with Gasteiger partial charge in [0.25, 0.3) is 10.0 Å². The van der Waals surface area contributed by atoms with E-state index in [0.29, 0.717) is 17.1 Å². The topological polar surface area (TPSA) is 77.5 Å². The quantitative estimate of drug-likeness (QED) is 0.854. The summed E-state index contributed by atoms with van der Waals surface area (Å²) in [6.07, 6.45) is 1.53. The summed E-state index contributed by atoms with van der Waals surface area (Å²) in [5, 5.41) is 0. The van der Waals surface area contributed by atoms with Crippen LogP contribution in [0.15, 0.2) is 39.8 Å². The van der Waals surface area contributed by atoms with Gasteiger partial charge < -0.3 is 9.47 Å². The maximum atomic E-state index is 12.4. The van der Waals surface area contributed by atoms with Crippen molar-refractivity contribution in [2.24, 2.45) is 0 Å². The molecule has 6 nitrogen and oxygen atoms in total. The van der Waals surface area contributed by atoms with Crippen molar-refractivity contribution in [1.29, 1.82) is 0 Å². The van der Waals surface area contributed by atoms with E-state index in [1.807, 2.05) is 0 Å². The highest BCUT2D eigenvalue weighted by atomic mass is 79.9. The van der Waals surface area contributed by atoms with E-state index in [4.69, 9.17) is 9.47 Å². The van der Waals surface area contributed by atoms with E-state index in [-0.39, 0.29) is 10.7 Å². The zero-order valence-corrected chi connectivity index (χ0v) is 14.7. The summed E-state index contributed by atoms with van der Waals surface area (Å²) in [6, 6.07) is 6.15. The van der Waals surface area contributed by atoms with Gasteiger partial charge >= 0.3 is 0 Å². The van der Waals surface area contributed by atoms with Gasteiger partial charge in [-0.2, -0.15) is 0 Å².